The summed E-state index contributed by atoms with van der Waals surface area (Å²) in [5.41, 5.74) is -0.158. The SMILES string of the molecule is CCOC1CC(N(C)C(=O)c2cc(C(=O)O)co2)C1(C)C. The van der Waals surface area contributed by atoms with Gasteiger partial charge in [-0.25, -0.2) is 4.79 Å². The Kier molecular flexibility index (Phi) is 4.09. The first-order valence-corrected chi connectivity index (χ1v) is 6.99. The Morgan fingerprint density at radius 1 is 1.52 bits per heavy atom. The van der Waals surface area contributed by atoms with Crippen LogP contribution in [0.1, 0.15) is 48.1 Å². The number of carboxylic acid groups (broad SMARTS) is 1. The van der Waals surface area contributed by atoms with Gasteiger partial charge in [0.2, 0.25) is 0 Å². The third-order valence-corrected chi connectivity index (χ3v) is 4.34. The van der Waals surface area contributed by atoms with E-state index in [-0.39, 0.29) is 34.8 Å². The maximum absolute atomic E-state index is 12.4. The van der Waals surface area contributed by atoms with Gasteiger partial charge in [-0.05, 0) is 13.3 Å². The first kappa shape index (κ1) is 15.6. The number of aromatic carboxylic acids is 1. The Balaban J connectivity index is 2.08. The minimum atomic E-state index is -1.11. The quantitative estimate of drug-likeness (QED) is 0.901. The fourth-order valence-electron chi connectivity index (χ4n) is 2.88. The van der Waals surface area contributed by atoms with Crippen molar-refractivity contribution in [2.45, 2.75) is 39.3 Å². The lowest BCUT2D eigenvalue weighted by Crippen LogP contribution is -2.62. The van der Waals surface area contributed by atoms with Gasteiger partial charge in [-0.15, -0.1) is 0 Å². The van der Waals surface area contributed by atoms with Gasteiger partial charge in [0.05, 0.1) is 11.7 Å². The molecule has 6 heteroatoms. The Morgan fingerprint density at radius 2 is 2.19 bits per heavy atom. The van der Waals surface area contributed by atoms with E-state index in [1.165, 1.54) is 6.07 Å². The molecule has 1 aliphatic carbocycles. The van der Waals surface area contributed by atoms with Crippen LogP contribution in [0.25, 0.3) is 0 Å². The average Bonchev–Trinajstić information content (AvgIpc) is 2.91. The number of amides is 1. The molecule has 1 aromatic rings. The number of ether oxygens (including phenoxy) is 1. The summed E-state index contributed by atoms with van der Waals surface area (Å²) in [6, 6.07) is 1.30. The lowest BCUT2D eigenvalue weighted by atomic mass is 9.63. The van der Waals surface area contributed by atoms with Crippen LogP contribution in [0.5, 0.6) is 0 Å². The van der Waals surface area contributed by atoms with Crippen LogP contribution in [-0.4, -0.2) is 47.7 Å². The van der Waals surface area contributed by atoms with Crippen molar-refractivity contribution in [1.29, 1.82) is 0 Å². The summed E-state index contributed by atoms with van der Waals surface area (Å²) in [6.45, 7) is 6.74. The highest BCUT2D eigenvalue weighted by molar-refractivity contribution is 5.95. The Labute approximate surface area is 123 Å². The molecular weight excluding hydrogens is 274 g/mol. The molecule has 1 amide bonds. The fourth-order valence-corrected chi connectivity index (χ4v) is 2.88. The van der Waals surface area contributed by atoms with Crippen molar-refractivity contribution in [3.63, 3.8) is 0 Å². The molecule has 2 unspecified atom stereocenters. The molecule has 21 heavy (non-hydrogen) atoms. The molecular formula is C15H21NO5. The topological polar surface area (TPSA) is 80.0 Å². The number of furan rings is 1. The Morgan fingerprint density at radius 3 is 2.67 bits per heavy atom. The summed E-state index contributed by atoms with van der Waals surface area (Å²) >= 11 is 0. The highest BCUT2D eigenvalue weighted by Crippen LogP contribution is 2.45. The number of carbonyl (C=O) groups excluding carboxylic acids is 1. The van der Waals surface area contributed by atoms with E-state index < -0.39 is 5.97 Å². The van der Waals surface area contributed by atoms with E-state index in [1.54, 1.807) is 11.9 Å². The summed E-state index contributed by atoms with van der Waals surface area (Å²) in [7, 11) is 1.71. The van der Waals surface area contributed by atoms with Crippen LogP contribution in [0.15, 0.2) is 16.7 Å². The van der Waals surface area contributed by atoms with E-state index >= 15 is 0 Å². The number of carbonyl (C=O) groups is 2. The average molecular weight is 295 g/mol. The molecule has 1 saturated carbocycles. The van der Waals surface area contributed by atoms with Crippen molar-refractivity contribution in [1.82, 2.24) is 4.90 Å². The van der Waals surface area contributed by atoms with Gasteiger partial charge in [-0.2, -0.15) is 0 Å². The van der Waals surface area contributed by atoms with Crippen LogP contribution in [0.4, 0.5) is 0 Å². The molecule has 0 spiro atoms. The molecule has 1 fully saturated rings. The lowest BCUT2D eigenvalue weighted by Gasteiger charge is -2.54. The fraction of sp³-hybridized carbons (Fsp3) is 0.600. The third-order valence-electron chi connectivity index (χ3n) is 4.34. The van der Waals surface area contributed by atoms with E-state index in [0.717, 1.165) is 12.7 Å². The maximum atomic E-state index is 12.4. The first-order valence-electron chi connectivity index (χ1n) is 6.99. The lowest BCUT2D eigenvalue weighted by molar-refractivity contribution is -0.137. The summed E-state index contributed by atoms with van der Waals surface area (Å²) in [5, 5.41) is 8.86. The molecule has 1 heterocycles. The van der Waals surface area contributed by atoms with Crippen molar-refractivity contribution in [2.24, 2.45) is 5.41 Å². The summed E-state index contributed by atoms with van der Waals surface area (Å²) < 4.78 is 10.7. The van der Waals surface area contributed by atoms with E-state index in [0.29, 0.717) is 6.61 Å². The number of carboxylic acids is 1. The molecule has 1 aromatic heterocycles. The molecule has 0 aromatic carbocycles. The van der Waals surface area contributed by atoms with E-state index in [4.69, 9.17) is 14.3 Å². The minimum absolute atomic E-state index is 0.0215. The number of hydrogen-bond acceptors (Lipinski definition) is 4. The van der Waals surface area contributed by atoms with Crippen LogP contribution in [0.3, 0.4) is 0 Å². The van der Waals surface area contributed by atoms with Crippen LogP contribution in [-0.2, 0) is 4.74 Å². The molecule has 2 rings (SSSR count). The van der Waals surface area contributed by atoms with E-state index in [1.807, 2.05) is 6.92 Å². The maximum Gasteiger partial charge on any atom is 0.338 e. The Bertz CT molecular complexity index is 548. The zero-order valence-corrected chi connectivity index (χ0v) is 12.8. The highest BCUT2D eigenvalue weighted by Gasteiger charge is 2.52. The van der Waals surface area contributed by atoms with E-state index in [9.17, 15) is 9.59 Å². The van der Waals surface area contributed by atoms with Gasteiger partial charge < -0.3 is 19.2 Å². The number of hydrogen-bond donors (Lipinski definition) is 1. The van der Waals surface area contributed by atoms with Crippen molar-refractivity contribution in [3.05, 3.63) is 23.7 Å². The molecule has 0 saturated heterocycles. The zero-order valence-electron chi connectivity index (χ0n) is 12.8. The molecule has 0 aliphatic heterocycles. The molecule has 0 bridgehead atoms. The van der Waals surface area contributed by atoms with Crippen LogP contribution >= 0.6 is 0 Å². The second-order valence-corrected chi connectivity index (χ2v) is 5.94. The van der Waals surface area contributed by atoms with Crippen molar-refractivity contribution in [2.75, 3.05) is 13.7 Å². The van der Waals surface area contributed by atoms with Gasteiger partial charge in [-0.3, -0.25) is 4.79 Å². The van der Waals surface area contributed by atoms with Gasteiger partial charge in [0.1, 0.15) is 6.26 Å². The van der Waals surface area contributed by atoms with Crippen LogP contribution in [0, 0.1) is 5.41 Å². The third kappa shape index (κ3) is 2.68. The van der Waals surface area contributed by atoms with Gasteiger partial charge in [0.15, 0.2) is 5.76 Å². The largest absolute Gasteiger partial charge is 0.478 e. The second-order valence-electron chi connectivity index (χ2n) is 5.94. The van der Waals surface area contributed by atoms with Gasteiger partial charge in [0, 0.05) is 31.2 Å². The second kappa shape index (κ2) is 5.52. The minimum Gasteiger partial charge on any atom is -0.478 e. The van der Waals surface area contributed by atoms with Crippen molar-refractivity contribution in [3.8, 4) is 0 Å². The molecule has 6 nitrogen and oxygen atoms in total. The standard InChI is InChI=1S/C15H21NO5/c1-5-20-12-7-11(15(12,2)3)16(4)13(17)10-6-9(8-21-10)14(18)19/h6,8,11-12H,5,7H2,1-4H3,(H,18,19). The number of nitrogens with zero attached hydrogens (tertiary/aromatic N) is 1. The molecule has 0 radical (unpaired) electrons. The zero-order chi connectivity index (χ0) is 15.8. The van der Waals surface area contributed by atoms with Gasteiger partial charge >= 0.3 is 5.97 Å². The molecule has 1 N–H and O–H groups in total. The smallest absolute Gasteiger partial charge is 0.338 e. The van der Waals surface area contributed by atoms with Crippen molar-refractivity contribution >= 4 is 11.9 Å². The van der Waals surface area contributed by atoms with Gasteiger partial charge in [0.25, 0.3) is 5.91 Å². The monoisotopic (exact) mass is 295 g/mol. The van der Waals surface area contributed by atoms with Crippen molar-refractivity contribution < 1.29 is 23.8 Å². The first-order chi connectivity index (χ1) is 9.78. The number of rotatable bonds is 5. The molecule has 1 aliphatic rings. The normalized spacial score (nSPS) is 23.4. The van der Waals surface area contributed by atoms with E-state index in [2.05, 4.69) is 13.8 Å². The summed E-state index contributed by atoms with van der Waals surface area (Å²) in [4.78, 5) is 24.8. The molecule has 116 valence electrons. The van der Waals surface area contributed by atoms with Crippen LogP contribution in [0.2, 0.25) is 0 Å². The predicted molar refractivity (Wildman–Crippen MR) is 75.4 cm³/mol. The van der Waals surface area contributed by atoms with Gasteiger partial charge in [-0.1, -0.05) is 13.8 Å². The summed E-state index contributed by atoms with van der Waals surface area (Å²) in [5.74, 6) is -1.37. The Hall–Kier alpha value is -1.82. The predicted octanol–water partition coefficient (Wildman–Crippen LogP) is 2.25. The van der Waals surface area contributed by atoms with Crippen LogP contribution < -0.4 is 0 Å². The highest BCUT2D eigenvalue weighted by atomic mass is 16.5. The molecule has 2 atom stereocenters. The summed E-state index contributed by atoms with van der Waals surface area (Å²) in [6.07, 6.45) is 1.99.